The Labute approximate surface area is 142 Å². The van der Waals surface area contributed by atoms with Gasteiger partial charge in [-0.3, -0.25) is 0 Å². The van der Waals surface area contributed by atoms with Gasteiger partial charge in [0.1, 0.15) is 11.5 Å². The summed E-state index contributed by atoms with van der Waals surface area (Å²) in [6.45, 7) is 3.53. The number of carbonyl (C=O) groups is 1. The molecule has 0 spiro atoms. The monoisotopic (exact) mass is 416 g/mol. The number of carbonyl (C=O) groups excluding carboxylic acids is 1. The van der Waals surface area contributed by atoms with Gasteiger partial charge >= 0.3 is 5.97 Å². The second-order valence-corrected chi connectivity index (χ2v) is 6.23. The van der Waals surface area contributed by atoms with Crippen LogP contribution < -0.4 is 9.47 Å². The van der Waals surface area contributed by atoms with Crippen LogP contribution >= 0.6 is 34.2 Å². The summed E-state index contributed by atoms with van der Waals surface area (Å²) in [5, 5.41) is 0.633. The van der Waals surface area contributed by atoms with E-state index in [4.69, 9.17) is 21.1 Å². The summed E-state index contributed by atoms with van der Waals surface area (Å²) in [6.07, 6.45) is -0.704. The van der Waals surface area contributed by atoms with Gasteiger partial charge in [0.15, 0.2) is 6.10 Å². The summed E-state index contributed by atoms with van der Waals surface area (Å²) in [6, 6.07) is 12.5. The maximum Gasteiger partial charge on any atom is 0.352 e. The Hall–Kier alpha value is -1.27. The highest BCUT2D eigenvalue weighted by Crippen LogP contribution is 2.23. The Kier molecular flexibility index (Phi) is 5.47. The number of hydrogen-bond acceptors (Lipinski definition) is 3. The van der Waals surface area contributed by atoms with E-state index in [0.717, 1.165) is 9.13 Å². The van der Waals surface area contributed by atoms with Crippen molar-refractivity contribution in [3.8, 4) is 11.5 Å². The summed E-state index contributed by atoms with van der Waals surface area (Å²) in [5.74, 6) is 0.681. The first-order valence-electron chi connectivity index (χ1n) is 6.36. The summed E-state index contributed by atoms with van der Waals surface area (Å²) >= 11 is 8.08. The zero-order valence-corrected chi connectivity index (χ0v) is 14.5. The molecular formula is C16H14ClIO3. The van der Waals surface area contributed by atoms with Crippen molar-refractivity contribution in [1.29, 1.82) is 0 Å². The molecule has 2 aromatic rings. The van der Waals surface area contributed by atoms with Gasteiger partial charge in [0.05, 0.1) is 0 Å². The number of aryl methyl sites for hydroxylation is 1. The molecule has 2 rings (SSSR count). The Bertz CT molecular complexity index is 640. The van der Waals surface area contributed by atoms with Crippen LogP contribution in [0.4, 0.5) is 0 Å². The normalized spacial score (nSPS) is 11.8. The molecule has 1 unspecified atom stereocenters. The molecule has 0 N–H and O–H groups in total. The van der Waals surface area contributed by atoms with Gasteiger partial charge in [-0.25, -0.2) is 4.79 Å². The lowest BCUT2D eigenvalue weighted by Gasteiger charge is -2.15. The van der Waals surface area contributed by atoms with E-state index < -0.39 is 12.1 Å². The first-order chi connectivity index (χ1) is 9.95. The SMILES string of the molecule is Cc1cc(Cl)ccc1OC(C)C(=O)Oc1ccc(I)cc1. The molecule has 3 nitrogen and oxygen atoms in total. The van der Waals surface area contributed by atoms with E-state index in [1.54, 1.807) is 37.3 Å². The molecule has 0 fully saturated rings. The standard InChI is InChI=1S/C16H14ClIO3/c1-10-9-12(17)3-8-15(10)20-11(2)16(19)21-14-6-4-13(18)5-7-14/h3-9,11H,1-2H3. The second-order valence-electron chi connectivity index (χ2n) is 4.54. The largest absolute Gasteiger partial charge is 0.479 e. The molecule has 0 aliphatic heterocycles. The molecule has 5 heteroatoms. The number of benzene rings is 2. The lowest BCUT2D eigenvalue weighted by atomic mass is 10.2. The Morgan fingerprint density at radius 1 is 1.19 bits per heavy atom. The van der Waals surface area contributed by atoms with Gasteiger partial charge in [-0.05, 0) is 84.5 Å². The van der Waals surface area contributed by atoms with Gasteiger partial charge < -0.3 is 9.47 Å². The Balaban J connectivity index is 2.00. The molecule has 21 heavy (non-hydrogen) atoms. The molecule has 0 aliphatic carbocycles. The molecule has 0 aromatic heterocycles. The zero-order chi connectivity index (χ0) is 15.4. The maximum absolute atomic E-state index is 12.0. The molecule has 1 atom stereocenters. The molecule has 0 aliphatic rings. The van der Waals surface area contributed by atoms with Crippen molar-refractivity contribution in [2.45, 2.75) is 20.0 Å². The summed E-state index contributed by atoms with van der Waals surface area (Å²) in [5.41, 5.74) is 0.872. The van der Waals surface area contributed by atoms with Crippen LogP contribution in [0.1, 0.15) is 12.5 Å². The fraction of sp³-hybridized carbons (Fsp3) is 0.188. The first kappa shape index (κ1) is 16.1. The molecule has 110 valence electrons. The quantitative estimate of drug-likeness (QED) is 0.414. The Morgan fingerprint density at radius 3 is 2.48 bits per heavy atom. The summed E-state index contributed by atoms with van der Waals surface area (Å²) in [4.78, 5) is 12.0. The van der Waals surface area contributed by atoms with Gasteiger partial charge in [0.25, 0.3) is 0 Å². The van der Waals surface area contributed by atoms with Crippen molar-refractivity contribution in [2.75, 3.05) is 0 Å². The number of ether oxygens (including phenoxy) is 2. The van der Waals surface area contributed by atoms with Crippen LogP contribution in [0.2, 0.25) is 5.02 Å². The highest BCUT2D eigenvalue weighted by molar-refractivity contribution is 14.1. The molecule has 0 bridgehead atoms. The van der Waals surface area contributed by atoms with E-state index in [9.17, 15) is 4.79 Å². The van der Waals surface area contributed by atoms with E-state index in [1.807, 2.05) is 19.1 Å². The van der Waals surface area contributed by atoms with Gasteiger partial charge in [0, 0.05) is 8.59 Å². The molecule has 0 radical (unpaired) electrons. The van der Waals surface area contributed by atoms with Gasteiger partial charge in [-0.2, -0.15) is 0 Å². The predicted octanol–water partition coefficient (Wildman–Crippen LogP) is 4.63. The van der Waals surface area contributed by atoms with Gasteiger partial charge in [-0.1, -0.05) is 11.6 Å². The van der Waals surface area contributed by atoms with Crippen LogP contribution in [0.3, 0.4) is 0 Å². The minimum absolute atomic E-state index is 0.439. The van der Waals surface area contributed by atoms with E-state index in [0.29, 0.717) is 16.5 Å². The van der Waals surface area contributed by atoms with E-state index in [-0.39, 0.29) is 0 Å². The van der Waals surface area contributed by atoms with Crippen molar-refractivity contribution in [1.82, 2.24) is 0 Å². The summed E-state index contributed by atoms with van der Waals surface area (Å²) in [7, 11) is 0. The number of hydrogen-bond donors (Lipinski definition) is 0. The van der Waals surface area contributed by atoms with Gasteiger partial charge in [0.2, 0.25) is 0 Å². The average molecular weight is 417 g/mol. The third kappa shape index (κ3) is 4.61. The topological polar surface area (TPSA) is 35.5 Å². The lowest BCUT2D eigenvalue weighted by Crippen LogP contribution is -2.28. The van der Waals surface area contributed by atoms with Crippen molar-refractivity contribution in [3.63, 3.8) is 0 Å². The molecule has 0 saturated heterocycles. The molecule has 0 heterocycles. The smallest absolute Gasteiger partial charge is 0.352 e. The average Bonchev–Trinajstić information content (AvgIpc) is 2.44. The van der Waals surface area contributed by atoms with Crippen molar-refractivity contribution in [3.05, 3.63) is 56.6 Å². The molecule has 0 amide bonds. The van der Waals surface area contributed by atoms with Crippen LogP contribution in [0.5, 0.6) is 11.5 Å². The van der Waals surface area contributed by atoms with Crippen molar-refractivity contribution < 1.29 is 14.3 Å². The number of halogens is 2. The third-order valence-corrected chi connectivity index (χ3v) is 3.76. The van der Waals surface area contributed by atoms with Gasteiger partial charge in [-0.15, -0.1) is 0 Å². The first-order valence-corrected chi connectivity index (χ1v) is 7.81. The highest BCUT2D eigenvalue weighted by Gasteiger charge is 2.18. The maximum atomic E-state index is 12.0. The molecular weight excluding hydrogens is 403 g/mol. The van der Waals surface area contributed by atoms with Crippen LogP contribution in [0, 0.1) is 10.5 Å². The highest BCUT2D eigenvalue weighted by atomic mass is 127. The van der Waals surface area contributed by atoms with Crippen LogP contribution in [-0.4, -0.2) is 12.1 Å². The zero-order valence-electron chi connectivity index (χ0n) is 11.6. The van der Waals surface area contributed by atoms with Crippen LogP contribution in [0.25, 0.3) is 0 Å². The summed E-state index contributed by atoms with van der Waals surface area (Å²) < 4.78 is 12.0. The Morgan fingerprint density at radius 2 is 1.86 bits per heavy atom. The molecule has 0 saturated carbocycles. The van der Waals surface area contributed by atoms with E-state index in [2.05, 4.69) is 22.6 Å². The number of rotatable bonds is 4. The predicted molar refractivity (Wildman–Crippen MR) is 91.1 cm³/mol. The third-order valence-electron chi connectivity index (χ3n) is 2.80. The lowest BCUT2D eigenvalue weighted by molar-refractivity contribution is -0.141. The van der Waals surface area contributed by atoms with E-state index >= 15 is 0 Å². The van der Waals surface area contributed by atoms with Crippen LogP contribution in [0.15, 0.2) is 42.5 Å². The van der Waals surface area contributed by atoms with Crippen molar-refractivity contribution >= 4 is 40.2 Å². The van der Waals surface area contributed by atoms with E-state index in [1.165, 1.54) is 0 Å². The fourth-order valence-corrected chi connectivity index (χ4v) is 2.27. The second kappa shape index (κ2) is 7.13. The molecule has 2 aromatic carbocycles. The fourth-order valence-electron chi connectivity index (χ4n) is 1.69. The minimum atomic E-state index is -0.704. The number of esters is 1. The van der Waals surface area contributed by atoms with Crippen LogP contribution in [-0.2, 0) is 4.79 Å². The van der Waals surface area contributed by atoms with Crippen molar-refractivity contribution in [2.24, 2.45) is 0 Å². The minimum Gasteiger partial charge on any atom is -0.479 e.